The quantitative estimate of drug-likeness (QED) is 0.753. The average molecular weight is 217 g/mol. The Labute approximate surface area is 89.6 Å². The van der Waals surface area contributed by atoms with E-state index in [1.807, 2.05) is 6.92 Å². The number of thioether (sulfide) groups is 1. The summed E-state index contributed by atoms with van der Waals surface area (Å²) in [6.45, 7) is 4.86. The summed E-state index contributed by atoms with van der Waals surface area (Å²) in [7, 11) is 0. The predicted molar refractivity (Wildman–Crippen MR) is 59.8 cm³/mol. The lowest BCUT2D eigenvalue weighted by molar-refractivity contribution is -0.145. The molecule has 1 saturated heterocycles. The summed E-state index contributed by atoms with van der Waals surface area (Å²) in [6, 6.07) is 0. The van der Waals surface area contributed by atoms with E-state index in [2.05, 4.69) is 12.2 Å². The Balaban J connectivity index is 2.72. The molecule has 0 bridgehead atoms. The van der Waals surface area contributed by atoms with Crippen LogP contribution < -0.4 is 5.32 Å². The molecule has 1 rings (SSSR count). The summed E-state index contributed by atoms with van der Waals surface area (Å²) in [5.74, 6) is 0.398. The number of carboxylic acid groups (broad SMARTS) is 1. The van der Waals surface area contributed by atoms with Gasteiger partial charge in [0.1, 0.15) is 5.54 Å². The van der Waals surface area contributed by atoms with Crippen molar-refractivity contribution in [2.45, 2.75) is 43.9 Å². The van der Waals surface area contributed by atoms with Gasteiger partial charge in [0, 0.05) is 5.25 Å². The largest absolute Gasteiger partial charge is 0.480 e. The Morgan fingerprint density at radius 3 is 2.93 bits per heavy atom. The van der Waals surface area contributed by atoms with Crippen molar-refractivity contribution in [1.82, 2.24) is 5.32 Å². The number of aliphatic carboxylic acids is 1. The highest BCUT2D eigenvalue weighted by molar-refractivity contribution is 8.00. The molecule has 0 spiro atoms. The monoisotopic (exact) mass is 217 g/mol. The standard InChI is InChI=1S/C10H19NO2S/c1-3-6-11-10(9(12)13)5-4-7-14-8(10)2/h8,11H,3-7H2,1-2H3,(H,12,13). The smallest absolute Gasteiger partial charge is 0.325 e. The van der Waals surface area contributed by atoms with Crippen LogP contribution in [0.3, 0.4) is 0 Å². The minimum Gasteiger partial charge on any atom is -0.480 e. The fraction of sp³-hybridized carbons (Fsp3) is 0.900. The lowest BCUT2D eigenvalue weighted by Gasteiger charge is -2.39. The Bertz CT molecular complexity index is 210. The van der Waals surface area contributed by atoms with Crippen LogP contribution in [-0.2, 0) is 4.79 Å². The Hall–Kier alpha value is -0.220. The summed E-state index contributed by atoms with van der Waals surface area (Å²) in [5.41, 5.74) is -0.682. The molecule has 1 aliphatic rings. The molecule has 3 nitrogen and oxygen atoms in total. The van der Waals surface area contributed by atoms with E-state index in [9.17, 15) is 9.90 Å². The van der Waals surface area contributed by atoms with Crippen LogP contribution >= 0.6 is 11.8 Å². The van der Waals surface area contributed by atoms with Crippen LogP contribution in [0.15, 0.2) is 0 Å². The van der Waals surface area contributed by atoms with Gasteiger partial charge >= 0.3 is 5.97 Å². The number of rotatable bonds is 4. The zero-order valence-electron chi connectivity index (χ0n) is 8.88. The number of hydrogen-bond acceptors (Lipinski definition) is 3. The van der Waals surface area contributed by atoms with E-state index >= 15 is 0 Å². The van der Waals surface area contributed by atoms with Crippen molar-refractivity contribution >= 4 is 17.7 Å². The fourth-order valence-electron chi connectivity index (χ4n) is 1.89. The summed E-state index contributed by atoms with van der Waals surface area (Å²) in [4.78, 5) is 11.3. The van der Waals surface area contributed by atoms with Crippen molar-refractivity contribution in [3.05, 3.63) is 0 Å². The molecular weight excluding hydrogens is 198 g/mol. The molecule has 0 aliphatic carbocycles. The normalized spacial score (nSPS) is 32.9. The first-order valence-corrected chi connectivity index (χ1v) is 6.28. The second kappa shape index (κ2) is 5.03. The summed E-state index contributed by atoms with van der Waals surface area (Å²) < 4.78 is 0. The molecule has 0 amide bonds. The minimum atomic E-state index is -0.689. The highest BCUT2D eigenvalue weighted by Crippen LogP contribution is 2.34. The van der Waals surface area contributed by atoms with Gasteiger partial charge in [-0.15, -0.1) is 0 Å². The molecule has 1 heterocycles. The van der Waals surface area contributed by atoms with Gasteiger partial charge < -0.3 is 10.4 Å². The maximum Gasteiger partial charge on any atom is 0.325 e. The van der Waals surface area contributed by atoms with Crippen molar-refractivity contribution in [2.24, 2.45) is 0 Å². The van der Waals surface area contributed by atoms with Crippen LogP contribution in [0.1, 0.15) is 33.1 Å². The first kappa shape index (κ1) is 11.9. The van der Waals surface area contributed by atoms with Crippen molar-refractivity contribution in [2.75, 3.05) is 12.3 Å². The fourth-order valence-corrected chi connectivity index (χ4v) is 3.14. The van der Waals surface area contributed by atoms with Gasteiger partial charge in [0.25, 0.3) is 0 Å². The van der Waals surface area contributed by atoms with Gasteiger partial charge in [-0.25, -0.2) is 0 Å². The number of carbonyl (C=O) groups is 1. The molecule has 0 radical (unpaired) electrons. The molecule has 0 saturated carbocycles. The first-order valence-electron chi connectivity index (χ1n) is 5.23. The van der Waals surface area contributed by atoms with Gasteiger partial charge in [0.15, 0.2) is 0 Å². The van der Waals surface area contributed by atoms with E-state index in [0.29, 0.717) is 0 Å². The second-order valence-corrected chi connectivity index (χ2v) is 5.27. The van der Waals surface area contributed by atoms with Crippen LogP contribution in [0, 0.1) is 0 Å². The van der Waals surface area contributed by atoms with E-state index in [1.165, 1.54) is 0 Å². The van der Waals surface area contributed by atoms with Crippen LogP contribution in [0.25, 0.3) is 0 Å². The van der Waals surface area contributed by atoms with E-state index in [-0.39, 0.29) is 5.25 Å². The van der Waals surface area contributed by atoms with Crippen molar-refractivity contribution < 1.29 is 9.90 Å². The molecule has 4 heteroatoms. The van der Waals surface area contributed by atoms with Gasteiger partial charge in [-0.1, -0.05) is 13.8 Å². The second-order valence-electron chi connectivity index (χ2n) is 3.82. The molecule has 14 heavy (non-hydrogen) atoms. The SMILES string of the molecule is CCCNC1(C(=O)O)CCCSC1C. The van der Waals surface area contributed by atoms with Crippen molar-refractivity contribution in [1.29, 1.82) is 0 Å². The van der Waals surface area contributed by atoms with E-state index < -0.39 is 11.5 Å². The lowest BCUT2D eigenvalue weighted by atomic mass is 9.89. The van der Waals surface area contributed by atoms with Crippen LogP contribution in [0.5, 0.6) is 0 Å². The van der Waals surface area contributed by atoms with E-state index in [4.69, 9.17) is 0 Å². The van der Waals surface area contributed by atoms with Gasteiger partial charge in [-0.2, -0.15) is 11.8 Å². The molecule has 82 valence electrons. The van der Waals surface area contributed by atoms with E-state index in [1.54, 1.807) is 11.8 Å². The van der Waals surface area contributed by atoms with E-state index in [0.717, 1.165) is 31.6 Å². The molecule has 0 aromatic heterocycles. The number of hydrogen-bond donors (Lipinski definition) is 2. The summed E-state index contributed by atoms with van der Waals surface area (Å²) >= 11 is 1.76. The highest BCUT2D eigenvalue weighted by atomic mass is 32.2. The number of carboxylic acids is 1. The molecule has 2 atom stereocenters. The van der Waals surface area contributed by atoms with Crippen LogP contribution in [0.4, 0.5) is 0 Å². The maximum atomic E-state index is 11.3. The number of nitrogens with one attached hydrogen (secondary N) is 1. The molecule has 2 unspecified atom stereocenters. The highest BCUT2D eigenvalue weighted by Gasteiger charge is 2.44. The molecule has 1 aliphatic heterocycles. The minimum absolute atomic E-state index is 0.167. The van der Waals surface area contributed by atoms with Crippen molar-refractivity contribution in [3.63, 3.8) is 0 Å². The molecule has 1 fully saturated rings. The summed E-state index contributed by atoms with van der Waals surface area (Å²) in [5, 5.41) is 12.7. The molecular formula is C10H19NO2S. The van der Waals surface area contributed by atoms with Gasteiger partial charge in [0.05, 0.1) is 0 Å². The van der Waals surface area contributed by atoms with Crippen molar-refractivity contribution in [3.8, 4) is 0 Å². The van der Waals surface area contributed by atoms with Gasteiger partial charge in [0.2, 0.25) is 0 Å². The first-order chi connectivity index (χ1) is 6.63. The average Bonchev–Trinajstić information content (AvgIpc) is 2.16. The Morgan fingerprint density at radius 2 is 2.43 bits per heavy atom. The zero-order valence-corrected chi connectivity index (χ0v) is 9.69. The van der Waals surface area contributed by atoms with Crippen LogP contribution in [-0.4, -0.2) is 34.2 Å². The van der Waals surface area contributed by atoms with Crippen LogP contribution in [0.2, 0.25) is 0 Å². The zero-order chi connectivity index (χ0) is 10.6. The maximum absolute atomic E-state index is 11.3. The predicted octanol–water partition coefficient (Wildman–Crippen LogP) is 1.72. The Morgan fingerprint density at radius 1 is 1.71 bits per heavy atom. The van der Waals surface area contributed by atoms with Gasteiger partial charge in [-0.3, -0.25) is 4.79 Å². The molecule has 0 aromatic carbocycles. The Kier molecular flexibility index (Phi) is 4.26. The summed E-state index contributed by atoms with van der Waals surface area (Å²) in [6.07, 6.45) is 2.74. The van der Waals surface area contributed by atoms with Gasteiger partial charge in [-0.05, 0) is 31.6 Å². The third-order valence-corrected chi connectivity index (χ3v) is 4.28. The third-order valence-electron chi connectivity index (χ3n) is 2.85. The lowest BCUT2D eigenvalue weighted by Crippen LogP contribution is -2.60. The topological polar surface area (TPSA) is 49.3 Å². The third kappa shape index (κ3) is 2.23. The molecule has 0 aromatic rings. The molecule has 2 N–H and O–H groups in total.